The largest absolute Gasteiger partial charge is 0.496 e. The van der Waals surface area contributed by atoms with E-state index in [4.69, 9.17) is 19.2 Å². The lowest BCUT2D eigenvalue weighted by molar-refractivity contribution is 0.0781. The molecule has 0 spiro atoms. The Labute approximate surface area is 173 Å². The van der Waals surface area contributed by atoms with Crippen LogP contribution in [0.3, 0.4) is 0 Å². The molecule has 160 valence electrons. The minimum Gasteiger partial charge on any atom is -0.496 e. The van der Waals surface area contributed by atoms with E-state index >= 15 is 0 Å². The molecule has 0 bridgehead atoms. The van der Waals surface area contributed by atoms with Crippen molar-refractivity contribution in [3.05, 3.63) is 23.4 Å². The van der Waals surface area contributed by atoms with Gasteiger partial charge in [0, 0.05) is 6.54 Å². The monoisotopic (exact) mass is 403 g/mol. The molecule has 7 nitrogen and oxygen atoms in total. The van der Waals surface area contributed by atoms with Gasteiger partial charge in [0.2, 0.25) is 0 Å². The fourth-order valence-electron chi connectivity index (χ4n) is 3.08. The van der Waals surface area contributed by atoms with Crippen LogP contribution in [-0.4, -0.2) is 42.9 Å². The van der Waals surface area contributed by atoms with Crippen LogP contribution in [-0.2, 0) is 5.60 Å². The number of aliphatic hydroxyl groups is 1. The molecular weight excluding hydrogens is 370 g/mol. The fourth-order valence-corrected chi connectivity index (χ4v) is 3.08. The Morgan fingerprint density at radius 2 is 1.62 bits per heavy atom. The molecule has 0 unspecified atom stereocenters. The number of hydrogen-bond donors (Lipinski definition) is 2. The highest BCUT2D eigenvalue weighted by Crippen LogP contribution is 2.43. The molecule has 2 rings (SSSR count). The second-order valence-corrected chi connectivity index (χ2v) is 7.46. The topological polar surface area (TPSA) is 85.7 Å². The molecule has 0 aliphatic rings. The van der Waals surface area contributed by atoms with Gasteiger partial charge < -0.3 is 24.6 Å². The summed E-state index contributed by atoms with van der Waals surface area (Å²) in [4.78, 5) is 9.38. The van der Waals surface area contributed by atoms with Crippen LogP contribution in [0.15, 0.2) is 12.1 Å². The number of methoxy groups -OCH3 is 3. The molecule has 29 heavy (non-hydrogen) atoms. The number of nitrogens with zero attached hydrogens (tertiary/aromatic N) is 2. The zero-order valence-electron chi connectivity index (χ0n) is 18.5. The van der Waals surface area contributed by atoms with Crippen molar-refractivity contribution < 1.29 is 19.3 Å². The average molecular weight is 404 g/mol. The summed E-state index contributed by atoms with van der Waals surface area (Å²) in [6.45, 7) is 8.30. The third-order valence-electron chi connectivity index (χ3n) is 4.75. The quantitative estimate of drug-likeness (QED) is 0.572. The Morgan fingerprint density at radius 1 is 1.00 bits per heavy atom. The van der Waals surface area contributed by atoms with Gasteiger partial charge in [0.15, 0.2) is 5.82 Å². The number of ether oxygens (including phenoxy) is 3. The highest BCUT2D eigenvalue weighted by Gasteiger charge is 2.25. The van der Waals surface area contributed by atoms with Gasteiger partial charge in [0.1, 0.15) is 17.2 Å². The molecule has 0 aliphatic heterocycles. The summed E-state index contributed by atoms with van der Waals surface area (Å²) in [6.07, 6.45) is 3.37. The zero-order chi connectivity index (χ0) is 21.6. The molecule has 1 aromatic carbocycles. The van der Waals surface area contributed by atoms with Crippen molar-refractivity contribution >= 4 is 5.82 Å². The number of aryl methyl sites for hydroxylation is 1. The van der Waals surface area contributed by atoms with Gasteiger partial charge in [-0.25, -0.2) is 9.97 Å². The summed E-state index contributed by atoms with van der Waals surface area (Å²) < 4.78 is 16.7. The first-order valence-electron chi connectivity index (χ1n) is 9.92. The molecule has 0 saturated heterocycles. The Balaban J connectivity index is 2.56. The minimum absolute atomic E-state index is 0.415. The first kappa shape index (κ1) is 22.7. The van der Waals surface area contributed by atoms with Crippen molar-refractivity contribution in [3.63, 3.8) is 0 Å². The smallest absolute Gasteiger partial charge is 0.257 e. The van der Waals surface area contributed by atoms with Crippen molar-refractivity contribution in [3.8, 4) is 28.6 Å². The van der Waals surface area contributed by atoms with Crippen molar-refractivity contribution in [1.82, 2.24) is 9.97 Å². The van der Waals surface area contributed by atoms with Crippen LogP contribution < -0.4 is 19.5 Å². The lowest BCUT2D eigenvalue weighted by Gasteiger charge is -2.22. The average Bonchev–Trinajstić information content (AvgIpc) is 2.69. The van der Waals surface area contributed by atoms with E-state index in [0.717, 1.165) is 31.5 Å². The van der Waals surface area contributed by atoms with Crippen molar-refractivity contribution in [1.29, 1.82) is 0 Å². The van der Waals surface area contributed by atoms with Crippen LogP contribution in [0, 0.1) is 6.92 Å². The van der Waals surface area contributed by atoms with Gasteiger partial charge in [0.05, 0.1) is 38.2 Å². The van der Waals surface area contributed by atoms with E-state index < -0.39 is 5.60 Å². The molecule has 0 amide bonds. The maximum absolute atomic E-state index is 10.4. The third kappa shape index (κ3) is 5.29. The Kier molecular flexibility index (Phi) is 7.67. The van der Waals surface area contributed by atoms with E-state index in [1.165, 1.54) is 0 Å². The van der Waals surface area contributed by atoms with Crippen LogP contribution in [0.5, 0.6) is 17.4 Å². The minimum atomic E-state index is -1.04. The molecule has 1 heterocycles. The van der Waals surface area contributed by atoms with E-state index in [-0.39, 0.29) is 0 Å². The number of hydrogen-bond acceptors (Lipinski definition) is 7. The SMILES string of the molecule is CCCCCNc1nc(C)c(-c2c(OC)cc(C(C)(C)O)cc2OC)nc1OC. The highest BCUT2D eigenvalue weighted by molar-refractivity contribution is 5.77. The van der Waals surface area contributed by atoms with Crippen LogP contribution in [0.25, 0.3) is 11.3 Å². The molecule has 2 aromatic rings. The molecule has 0 radical (unpaired) electrons. The van der Waals surface area contributed by atoms with Crippen LogP contribution in [0.2, 0.25) is 0 Å². The fraction of sp³-hybridized carbons (Fsp3) is 0.545. The number of benzene rings is 1. The first-order chi connectivity index (χ1) is 13.8. The maximum atomic E-state index is 10.4. The first-order valence-corrected chi connectivity index (χ1v) is 9.92. The van der Waals surface area contributed by atoms with Crippen LogP contribution in [0.1, 0.15) is 51.3 Å². The van der Waals surface area contributed by atoms with Crippen molar-refractivity contribution in [2.24, 2.45) is 0 Å². The summed E-state index contributed by atoms with van der Waals surface area (Å²) in [5, 5.41) is 13.7. The van der Waals surface area contributed by atoms with E-state index in [1.807, 2.05) is 6.92 Å². The number of unbranched alkanes of at least 4 members (excludes halogenated alkanes) is 2. The van der Waals surface area contributed by atoms with Crippen LogP contribution >= 0.6 is 0 Å². The molecule has 0 atom stereocenters. The van der Waals surface area contributed by atoms with E-state index in [9.17, 15) is 5.11 Å². The maximum Gasteiger partial charge on any atom is 0.257 e. The Morgan fingerprint density at radius 3 is 2.10 bits per heavy atom. The second kappa shape index (κ2) is 9.78. The molecule has 0 saturated carbocycles. The zero-order valence-corrected chi connectivity index (χ0v) is 18.5. The van der Waals surface area contributed by atoms with Gasteiger partial charge in [-0.2, -0.15) is 0 Å². The van der Waals surface area contributed by atoms with Gasteiger partial charge in [0.25, 0.3) is 5.88 Å². The highest BCUT2D eigenvalue weighted by atomic mass is 16.5. The normalized spacial score (nSPS) is 11.3. The van der Waals surface area contributed by atoms with E-state index in [1.54, 1.807) is 47.3 Å². The summed E-state index contributed by atoms with van der Waals surface area (Å²) in [6, 6.07) is 3.59. The molecule has 7 heteroatoms. The molecular formula is C22H33N3O4. The van der Waals surface area contributed by atoms with E-state index in [0.29, 0.717) is 40.0 Å². The Bertz CT molecular complexity index is 807. The standard InChI is InChI=1S/C22H33N3O4/c1-8-9-10-11-23-20-21(29-7)25-19(14(2)24-20)18-16(27-5)12-15(22(3,4)26)13-17(18)28-6/h12-13,26H,8-11H2,1-7H3,(H,23,24). The van der Waals surface area contributed by atoms with Crippen molar-refractivity contribution in [2.75, 3.05) is 33.2 Å². The summed E-state index contributed by atoms with van der Waals surface area (Å²) in [5.74, 6) is 2.13. The lowest BCUT2D eigenvalue weighted by Crippen LogP contribution is -2.16. The lowest BCUT2D eigenvalue weighted by atomic mass is 9.94. The van der Waals surface area contributed by atoms with Crippen molar-refractivity contribution in [2.45, 2.75) is 52.6 Å². The number of anilines is 1. The summed E-state index contributed by atoms with van der Waals surface area (Å²) in [5.41, 5.74) is 1.64. The van der Waals surface area contributed by atoms with Crippen LogP contribution in [0.4, 0.5) is 5.82 Å². The van der Waals surface area contributed by atoms with Gasteiger partial charge >= 0.3 is 0 Å². The molecule has 1 aromatic heterocycles. The molecule has 2 N–H and O–H groups in total. The molecule has 0 aliphatic carbocycles. The predicted molar refractivity (Wildman–Crippen MR) is 115 cm³/mol. The number of aromatic nitrogens is 2. The van der Waals surface area contributed by atoms with Gasteiger partial charge in [-0.1, -0.05) is 19.8 Å². The Hall–Kier alpha value is -2.54. The summed E-state index contributed by atoms with van der Waals surface area (Å²) in [7, 11) is 4.73. The second-order valence-electron chi connectivity index (χ2n) is 7.46. The predicted octanol–water partition coefficient (Wildman–Crippen LogP) is 4.31. The molecule has 0 fully saturated rings. The summed E-state index contributed by atoms with van der Waals surface area (Å²) >= 11 is 0. The number of rotatable bonds is 10. The van der Waals surface area contributed by atoms with Gasteiger partial charge in [-0.3, -0.25) is 0 Å². The number of nitrogens with one attached hydrogen (secondary N) is 1. The van der Waals surface area contributed by atoms with Gasteiger partial charge in [-0.05, 0) is 44.9 Å². The van der Waals surface area contributed by atoms with E-state index in [2.05, 4.69) is 17.2 Å². The third-order valence-corrected chi connectivity index (χ3v) is 4.75. The van der Waals surface area contributed by atoms with Gasteiger partial charge in [-0.15, -0.1) is 0 Å².